The van der Waals surface area contributed by atoms with Crippen molar-refractivity contribution in [3.05, 3.63) is 40.0 Å². The number of nitrogens with two attached hydrogens (primary N) is 1. The minimum atomic E-state index is -0.638. The first-order valence-corrected chi connectivity index (χ1v) is 5.93. The Morgan fingerprint density at radius 3 is 2.75 bits per heavy atom. The smallest absolute Gasteiger partial charge is 0.282 e. The third-order valence-corrected chi connectivity index (χ3v) is 2.84. The molecule has 1 atom stereocenters. The van der Waals surface area contributed by atoms with Crippen molar-refractivity contribution in [2.24, 2.45) is 11.7 Å². The number of hydrogen-bond donors (Lipinski definition) is 1. The fourth-order valence-corrected chi connectivity index (χ4v) is 1.62. The summed E-state index contributed by atoms with van der Waals surface area (Å²) in [6.45, 7) is 3.76. The molecule has 1 aromatic heterocycles. The zero-order valence-corrected chi connectivity index (χ0v) is 10.9. The average Bonchev–Trinajstić information content (AvgIpc) is 2.86. The van der Waals surface area contributed by atoms with E-state index in [1.165, 1.54) is 0 Å². The number of aromatic nitrogens is 2. The summed E-state index contributed by atoms with van der Waals surface area (Å²) >= 11 is 0. The molecule has 20 heavy (non-hydrogen) atoms. The normalized spacial score (nSPS) is 12.7. The van der Waals surface area contributed by atoms with Crippen LogP contribution in [0.5, 0.6) is 0 Å². The molecule has 0 radical (unpaired) electrons. The molecule has 0 aliphatic rings. The number of nitro benzene ring substituents is 1. The van der Waals surface area contributed by atoms with Crippen molar-refractivity contribution < 1.29 is 13.8 Å². The third kappa shape index (κ3) is 2.64. The largest absolute Gasteiger partial charge is 0.334 e. The van der Waals surface area contributed by atoms with Crippen LogP contribution in [-0.4, -0.2) is 15.1 Å². The highest BCUT2D eigenvalue weighted by Gasteiger charge is 2.24. The highest BCUT2D eigenvalue weighted by molar-refractivity contribution is 5.66. The van der Waals surface area contributed by atoms with Gasteiger partial charge in [0, 0.05) is 6.07 Å². The van der Waals surface area contributed by atoms with Crippen LogP contribution in [-0.2, 0) is 0 Å². The lowest BCUT2D eigenvalue weighted by Gasteiger charge is -2.09. The quantitative estimate of drug-likeness (QED) is 0.680. The Kier molecular flexibility index (Phi) is 3.75. The van der Waals surface area contributed by atoms with Crippen LogP contribution in [0.1, 0.15) is 25.7 Å². The molecule has 2 aromatic rings. The van der Waals surface area contributed by atoms with Gasteiger partial charge < -0.3 is 10.3 Å². The van der Waals surface area contributed by atoms with E-state index in [9.17, 15) is 14.5 Å². The van der Waals surface area contributed by atoms with E-state index in [4.69, 9.17) is 10.3 Å². The summed E-state index contributed by atoms with van der Waals surface area (Å²) in [5.74, 6) is -0.447. The fourth-order valence-electron chi connectivity index (χ4n) is 1.62. The fraction of sp³-hybridized carbons (Fsp3) is 0.333. The van der Waals surface area contributed by atoms with Gasteiger partial charge in [-0.25, -0.2) is 4.39 Å². The van der Waals surface area contributed by atoms with Crippen molar-refractivity contribution in [2.45, 2.75) is 19.9 Å². The van der Waals surface area contributed by atoms with Crippen LogP contribution in [0.15, 0.2) is 22.7 Å². The maximum absolute atomic E-state index is 13.3. The molecule has 0 aliphatic heterocycles. The van der Waals surface area contributed by atoms with E-state index >= 15 is 0 Å². The van der Waals surface area contributed by atoms with Gasteiger partial charge in [0.1, 0.15) is 11.4 Å². The third-order valence-electron chi connectivity index (χ3n) is 2.84. The Morgan fingerprint density at radius 1 is 1.45 bits per heavy atom. The minimum Gasteiger partial charge on any atom is -0.334 e. The second-order valence-electron chi connectivity index (χ2n) is 4.65. The molecule has 2 rings (SSSR count). The number of hydrogen-bond acceptors (Lipinski definition) is 6. The summed E-state index contributed by atoms with van der Waals surface area (Å²) in [4.78, 5) is 14.3. The van der Waals surface area contributed by atoms with Crippen molar-refractivity contribution >= 4 is 5.69 Å². The first-order valence-electron chi connectivity index (χ1n) is 5.93. The van der Waals surface area contributed by atoms with E-state index in [0.717, 1.165) is 18.2 Å². The van der Waals surface area contributed by atoms with Gasteiger partial charge in [0.05, 0.1) is 11.0 Å². The second kappa shape index (κ2) is 5.33. The Hall–Kier alpha value is -2.35. The molecule has 0 saturated heterocycles. The number of nitrogens with zero attached hydrogens (tertiary/aromatic N) is 3. The van der Waals surface area contributed by atoms with Crippen LogP contribution < -0.4 is 5.73 Å². The molecule has 1 unspecified atom stereocenters. The standard InChI is InChI=1S/C12H13FN4O3/c1-6(2)10(14)11-15-12(20-16-11)8-5-7(13)3-4-9(8)17(18)19/h3-6,10H,14H2,1-2H3. The van der Waals surface area contributed by atoms with E-state index in [1.54, 1.807) is 0 Å². The minimum absolute atomic E-state index is 0.0651. The first kappa shape index (κ1) is 14.1. The van der Waals surface area contributed by atoms with Gasteiger partial charge in [0.25, 0.3) is 11.6 Å². The highest BCUT2D eigenvalue weighted by Crippen LogP contribution is 2.30. The van der Waals surface area contributed by atoms with Gasteiger partial charge >= 0.3 is 0 Å². The van der Waals surface area contributed by atoms with E-state index in [2.05, 4.69) is 10.1 Å². The van der Waals surface area contributed by atoms with Gasteiger partial charge in [0.15, 0.2) is 5.82 Å². The molecule has 0 spiro atoms. The zero-order valence-electron chi connectivity index (χ0n) is 10.9. The summed E-state index contributed by atoms with van der Waals surface area (Å²) in [5, 5.41) is 14.6. The summed E-state index contributed by atoms with van der Waals surface area (Å²) in [7, 11) is 0. The maximum Gasteiger partial charge on any atom is 0.282 e. The van der Waals surface area contributed by atoms with Crippen LogP contribution in [0, 0.1) is 21.8 Å². The van der Waals surface area contributed by atoms with E-state index < -0.39 is 16.8 Å². The molecule has 1 heterocycles. The number of benzene rings is 1. The summed E-state index contributed by atoms with van der Waals surface area (Å²) in [5.41, 5.74) is 5.49. The van der Waals surface area contributed by atoms with E-state index in [1.807, 2.05) is 13.8 Å². The lowest BCUT2D eigenvalue weighted by Crippen LogP contribution is -2.18. The molecule has 0 amide bonds. The monoisotopic (exact) mass is 280 g/mol. The Labute approximate surface area is 113 Å². The van der Waals surface area contributed by atoms with Gasteiger partial charge in [-0.15, -0.1) is 0 Å². The molecule has 0 aliphatic carbocycles. The van der Waals surface area contributed by atoms with Crippen molar-refractivity contribution in [1.29, 1.82) is 0 Å². The van der Waals surface area contributed by atoms with Crippen LogP contribution in [0.2, 0.25) is 0 Å². The number of nitro groups is 1. The molecular weight excluding hydrogens is 267 g/mol. The predicted octanol–water partition coefficient (Wildman–Crippen LogP) is 2.44. The molecule has 0 saturated carbocycles. The average molecular weight is 280 g/mol. The van der Waals surface area contributed by atoms with Crippen molar-refractivity contribution in [3.8, 4) is 11.5 Å². The lowest BCUT2D eigenvalue weighted by atomic mass is 10.1. The summed E-state index contributed by atoms with van der Waals surface area (Å²) in [6, 6.07) is 2.58. The van der Waals surface area contributed by atoms with Crippen LogP contribution in [0.4, 0.5) is 10.1 Å². The number of halogens is 1. The van der Waals surface area contributed by atoms with Crippen LogP contribution >= 0.6 is 0 Å². The first-order chi connectivity index (χ1) is 9.40. The van der Waals surface area contributed by atoms with Crippen molar-refractivity contribution in [1.82, 2.24) is 10.1 Å². The van der Waals surface area contributed by atoms with Crippen LogP contribution in [0.25, 0.3) is 11.5 Å². The second-order valence-corrected chi connectivity index (χ2v) is 4.65. The van der Waals surface area contributed by atoms with Crippen LogP contribution in [0.3, 0.4) is 0 Å². The number of rotatable bonds is 4. The molecule has 1 aromatic carbocycles. The van der Waals surface area contributed by atoms with Gasteiger partial charge in [-0.05, 0) is 18.1 Å². The van der Waals surface area contributed by atoms with Gasteiger partial charge in [0.2, 0.25) is 0 Å². The van der Waals surface area contributed by atoms with Crippen molar-refractivity contribution in [3.63, 3.8) is 0 Å². The molecule has 0 bridgehead atoms. The Balaban J connectivity index is 2.47. The predicted molar refractivity (Wildman–Crippen MR) is 68.1 cm³/mol. The lowest BCUT2D eigenvalue weighted by molar-refractivity contribution is -0.384. The molecular formula is C12H13FN4O3. The molecule has 8 heteroatoms. The van der Waals surface area contributed by atoms with E-state index in [-0.39, 0.29) is 28.9 Å². The van der Waals surface area contributed by atoms with Crippen molar-refractivity contribution in [2.75, 3.05) is 0 Å². The SMILES string of the molecule is CC(C)C(N)c1noc(-c2cc(F)ccc2[N+](=O)[O-])n1. The van der Waals surface area contributed by atoms with E-state index in [0.29, 0.717) is 0 Å². The molecule has 7 nitrogen and oxygen atoms in total. The Bertz CT molecular complexity index is 641. The summed E-state index contributed by atoms with van der Waals surface area (Å²) < 4.78 is 18.2. The van der Waals surface area contributed by atoms with Gasteiger partial charge in [-0.3, -0.25) is 10.1 Å². The topological polar surface area (TPSA) is 108 Å². The summed E-state index contributed by atoms with van der Waals surface area (Å²) in [6.07, 6.45) is 0. The molecule has 106 valence electrons. The molecule has 0 fully saturated rings. The maximum atomic E-state index is 13.3. The van der Waals surface area contributed by atoms with Gasteiger partial charge in [-0.1, -0.05) is 19.0 Å². The zero-order chi connectivity index (χ0) is 14.9. The highest BCUT2D eigenvalue weighted by atomic mass is 19.1. The Morgan fingerprint density at radius 2 is 2.15 bits per heavy atom. The van der Waals surface area contributed by atoms with Gasteiger partial charge in [-0.2, -0.15) is 4.98 Å². The molecule has 2 N–H and O–H groups in total.